The third kappa shape index (κ3) is 10.6. The van der Waals surface area contributed by atoms with Gasteiger partial charge in [-0.25, -0.2) is 0 Å². The van der Waals surface area contributed by atoms with E-state index >= 15 is 0 Å². The monoisotopic (exact) mass is 716 g/mol. The molecule has 2 aliphatic rings. The molecular formula is C37H44N4O7SSi. The van der Waals surface area contributed by atoms with E-state index in [1.165, 1.54) is 11.1 Å². The second-order valence-corrected chi connectivity index (χ2v) is 18.7. The highest BCUT2D eigenvalue weighted by atomic mass is 32.3. The number of β-amino-alcohol motifs (C(OH)–C–C–N with tert-alkyl or cyclic N) is 1. The lowest BCUT2D eigenvalue weighted by Crippen LogP contribution is -2.68. The van der Waals surface area contributed by atoms with Crippen LogP contribution in [-0.4, -0.2) is 84.0 Å². The van der Waals surface area contributed by atoms with Crippen LogP contribution in [0.25, 0.3) is 0 Å². The number of benzene rings is 4. The number of carbonyl (C=O) groups is 1. The second-order valence-electron chi connectivity index (χ2n) is 13.4. The molecule has 50 heavy (non-hydrogen) atoms. The van der Waals surface area contributed by atoms with E-state index in [0.29, 0.717) is 13.1 Å². The van der Waals surface area contributed by atoms with Crippen molar-refractivity contribution in [1.82, 2.24) is 9.80 Å². The van der Waals surface area contributed by atoms with E-state index in [1.807, 2.05) is 48.5 Å². The van der Waals surface area contributed by atoms with Gasteiger partial charge in [0.25, 0.3) is 5.91 Å². The van der Waals surface area contributed by atoms with E-state index in [1.54, 1.807) is 0 Å². The first-order chi connectivity index (χ1) is 23.5. The Morgan fingerprint density at radius 2 is 1.00 bits per heavy atom. The van der Waals surface area contributed by atoms with Crippen molar-refractivity contribution >= 4 is 24.6 Å². The maximum Gasteiger partial charge on any atom is 0.394 e. The zero-order valence-corrected chi connectivity index (χ0v) is 30.1. The zero-order chi connectivity index (χ0) is 36.6. The largest absolute Gasteiger partial charge is 0.398 e. The second kappa shape index (κ2) is 16.2. The van der Waals surface area contributed by atoms with Crippen LogP contribution in [0, 0.1) is 11.3 Å². The molecule has 13 heteroatoms. The van der Waals surface area contributed by atoms with Crippen LogP contribution in [0.2, 0.25) is 19.6 Å². The van der Waals surface area contributed by atoms with Crippen LogP contribution in [0.15, 0.2) is 121 Å². The lowest BCUT2D eigenvalue weighted by Gasteiger charge is -2.51. The molecule has 0 unspecified atom stereocenters. The van der Waals surface area contributed by atoms with Gasteiger partial charge in [-0.3, -0.25) is 23.7 Å². The summed E-state index contributed by atoms with van der Waals surface area (Å²) in [5.41, 5.74) is 7.98. The summed E-state index contributed by atoms with van der Waals surface area (Å²) in [6.45, 7) is 8.25. The Balaban J connectivity index is 0.000000199. The fourth-order valence-corrected chi connectivity index (χ4v) is 7.62. The molecule has 2 aliphatic heterocycles. The first kappa shape index (κ1) is 38.6. The Morgan fingerprint density at radius 3 is 1.24 bits per heavy atom. The number of rotatable bonds is 9. The van der Waals surface area contributed by atoms with Gasteiger partial charge in [0.2, 0.25) is 0 Å². The molecule has 0 atom stereocenters. The van der Waals surface area contributed by atoms with E-state index in [9.17, 15) is 15.2 Å². The number of hydrogen-bond acceptors (Lipinski definition) is 8. The molecule has 4 aromatic rings. The Bertz CT molecular complexity index is 1740. The van der Waals surface area contributed by atoms with Gasteiger partial charge in [-0.05, 0) is 41.9 Å². The molecule has 0 aliphatic carbocycles. The van der Waals surface area contributed by atoms with Crippen molar-refractivity contribution in [1.29, 1.82) is 5.26 Å². The van der Waals surface area contributed by atoms with Crippen molar-refractivity contribution in [3.05, 3.63) is 144 Å². The fourth-order valence-electron chi connectivity index (χ4n) is 6.27. The van der Waals surface area contributed by atoms with Crippen molar-refractivity contribution in [2.75, 3.05) is 26.2 Å². The normalized spacial score (nSPS) is 16.8. The minimum absolute atomic E-state index is 0.0204. The maximum atomic E-state index is 11.3. The molecule has 264 valence electrons. The predicted octanol–water partition coefficient (Wildman–Crippen LogP) is 4.86. The maximum absolute atomic E-state index is 11.3. The number of carbonyl (C=O) groups excluding carboxylic acids is 1. The van der Waals surface area contributed by atoms with Crippen molar-refractivity contribution in [2.24, 2.45) is 5.73 Å². The van der Waals surface area contributed by atoms with Crippen LogP contribution in [0.1, 0.15) is 34.3 Å². The van der Waals surface area contributed by atoms with Crippen LogP contribution in [0.5, 0.6) is 0 Å². The first-order valence-corrected chi connectivity index (χ1v) is 20.8. The van der Waals surface area contributed by atoms with Gasteiger partial charge < -0.3 is 15.3 Å². The van der Waals surface area contributed by atoms with E-state index in [4.69, 9.17) is 27.7 Å². The Kier molecular flexibility index (Phi) is 12.5. The number of likely N-dealkylation sites (tertiary alicyclic amines) is 2. The number of hydrogen-bond donors (Lipinski definition) is 4. The summed E-state index contributed by atoms with van der Waals surface area (Å²) in [4.78, 5) is 15.7. The van der Waals surface area contributed by atoms with Crippen LogP contribution in [0.3, 0.4) is 0 Å². The molecule has 4 aromatic carbocycles. The van der Waals surface area contributed by atoms with Crippen LogP contribution in [0.4, 0.5) is 0 Å². The van der Waals surface area contributed by atoms with Gasteiger partial charge in [-0.2, -0.15) is 13.7 Å². The highest BCUT2D eigenvalue weighted by molar-refractivity contribution is 7.79. The lowest BCUT2D eigenvalue weighted by atomic mass is 9.87. The molecular weight excluding hydrogens is 673 g/mol. The zero-order valence-electron chi connectivity index (χ0n) is 28.3. The highest BCUT2D eigenvalue weighted by Crippen LogP contribution is 2.39. The van der Waals surface area contributed by atoms with Crippen LogP contribution >= 0.6 is 0 Å². The molecule has 0 bridgehead atoms. The number of nitrogens with two attached hydrogens (primary N) is 1. The molecule has 2 saturated heterocycles. The number of nitrogens with zero attached hydrogens (tertiary/aromatic N) is 3. The first-order valence-electron chi connectivity index (χ1n) is 16.0. The van der Waals surface area contributed by atoms with Crippen molar-refractivity contribution < 1.29 is 31.9 Å². The molecule has 5 N–H and O–H groups in total. The van der Waals surface area contributed by atoms with Gasteiger partial charge in [-0.1, -0.05) is 121 Å². The smallest absolute Gasteiger partial charge is 0.394 e. The van der Waals surface area contributed by atoms with Gasteiger partial charge in [0.15, 0.2) is 19.5 Å². The molecule has 0 saturated carbocycles. The summed E-state index contributed by atoms with van der Waals surface area (Å²) in [6, 6.07) is 43.7. The van der Waals surface area contributed by atoms with E-state index < -0.39 is 35.8 Å². The number of nitriles is 1. The van der Waals surface area contributed by atoms with Gasteiger partial charge in [0, 0.05) is 26.2 Å². The standard InChI is InChI=1S/C20H24N2OSi.C17H18N2O2.H2O4S/c1-24(2,3)23-20(14-21)15-22(16-20)19(17-10-6-4-7-11-17)18-12-8-5-9-13-18;18-16(20)17(21)11-19(12-17)15(13-7-3-1-4-8-13)14-9-5-2-6-10-14;1-5(2,3)4/h4-13,19H,15-16H2,1-3H3;1-10,15,21H,11-12H2,(H2,18,20);(H2,1,2,3,4). The summed E-state index contributed by atoms with van der Waals surface area (Å²) in [7, 11) is -6.42. The molecule has 6 rings (SSSR count). The van der Waals surface area contributed by atoms with Crippen molar-refractivity contribution in [3.63, 3.8) is 0 Å². The highest BCUT2D eigenvalue weighted by Gasteiger charge is 2.50. The molecule has 0 radical (unpaired) electrons. The Morgan fingerprint density at radius 1 is 0.720 bits per heavy atom. The number of aliphatic hydroxyl groups is 1. The SMILES string of the molecule is C[Si](C)(C)OC1(C#N)CN(C(c2ccccc2)c2ccccc2)C1.NC(=O)C1(O)CN(C(c2ccccc2)c2ccccc2)C1.O=S(=O)(O)O. The average Bonchev–Trinajstić information content (AvgIpc) is 3.04. The van der Waals surface area contributed by atoms with E-state index in [0.717, 1.165) is 11.1 Å². The van der Waals surface area contributed by atoms with Gasteiger partial charge >= 0.3 is 10.4 Å². The summed E-state index contributed by atoms with van der Waals surface area (Å²) in [6.07, 6.45) is 0. The molecule has 2 heterocycles. The summed E-state index contributed by atoms with van der Waals surface area (Å²) >= 11 is 0. The van der Waals surface area contributed by atoms with Crippen LogP contribution in [-0.2, 0) is 19.6 Å². The molecule has 11 nitrogen and oxygen atoms in total. The fraction of sp³-hybridized carbons (Fsp3) is 0.297. The van der Waals surface area contributed by atoms with E-state index in [-0.39, 0.29) is 25.2 Å². The lowest BCUT2D eigenvalue weighted by molar-refractivity contribution is -0.158. The molecule has 0 spiro atoms. The third-order valence-electron chi connectivity index (χ3n) is 8.20. The van der Waals surface area contributed by atoms with Gasteiger partial charge in [0.1, 0.15) is 0 Å². The summed E-state index contributed by atoms with van der Waals surface area (Å²) in [5, 5.41) is 19.7. The minimum Gasteiger partial charge on any atom is -0.398 e. The minimum atomic E-state index is -4.67. The average molecular weight is 717 g/mol. The van der Waals surface area contributed by atoms with Crippen LogP contribution < -0.4 is 5.73 Å². The summed E-state index contributed by atoms with van der Waals surface area (Å²) < 4.78 is 37.8. The Hall–Kier alpha value is -4.23. The Labute approximate surface area is 295 Å². The van der Waals surface area contributed by atoms with Crippen molar-refractivity contribution in [2.45, 2.75) is 42.9 Å². The number of amides is 1. The van der Waals surface area contributed by atoms with E-state index in [2.05, 4.69) is 108 Å². The predicted molar refractivity (Wildman–Crippen MR) is 194 cm³/mol. The number of primary amides is 1. The molecule has 1 amide bonds. The van der Waals surface area contributed by atoms with Gasteiger partial charge in [-0.15, -0.1) is 0 Å². The summed E-state index contributed by atoms with van der Waals surface area (Å²) in [5.74, 6) is -0.654. The van der Waals surface area contributed by atoms with Gasteiger partial charge in [0.05, 0.1) is 18.2 Å². The molecule has 2 fully saturated rings. The third-order valence-corrected chi connectivity index (χ3v) is 9.20. The molecule has 0 aromatic heterocycles. The van der Waals surface area contributed by atoms with Crippen molar-refractivity contribution in [3.8, 4) is 6.07 Å². The quantitative estimate of drug-likeness (QED) is 0.138. The topological polar surface area (TPSA) is 177 Å².